The third kappa shape index (κ3) is 4.12. The Kier molecular flexibility index (Phi) is 4.92. The number of piperidine rings is 1. The van der Waals surface area contributed by atoms with Crippen molar-refractivity contribution in [3.8, 4) is 0 Å². The van der Waals surface area contributed by atoms with Gasteiger partial charge in [0.15, 0.2) is 5.78 Å². The summed E-state index contributed by atoms with van der Waals surface area (Å²) in [6, 6.07) is 8.59. The van der Waals surface area contributed by atoms with Crippen molar-refractivity contribution in [2.45, 2.75) is 25.7 Å². The average molecular weight is 339 g/mol. The van der Waals surface area contributed by atoms with Gasteiger partial charge in [-0.25, -0.2) is 14.8 Å². The zero-order valence-electron chi connectivity index (χ0n) is 14.1. The predicted octanol–water partition coefficient (Wildman–Crippen LogP) is 2.67. The van der Waals surface area contributed by atoms with Crippen molar-refractivity contribution in [3.63, 3.8) is 0 Å². The number of carbonyl (C=O) groups excluding carboxylic acids is 2. The van der Waals surface area contributed by atoms with Crippen molar-refractivity contribution in [2.75, 3.05) is 24.1 Å². The molecule has 7 heteroatoms. The SMILES string of the molecule is CC(=O)c1ccc(NC(=O)N2CCCC(c3ccnc(N)n3)C2)cc1. The summed E-state index contributed by atoms with van der Waals surface area (Å²) < 4.78 is 0. The molecule has 3 rings (SSSR count). The first-order valence-corrected chi connectivity index (χ1v) is 8.28. The molecule has 0 radical (unpaired) electrons. The quantitative estimate of drug-likeness (QED) is 0.837. The van der Waals surface area contributed by atoms with Crippen molar-refractivity contribution in [1.82, 2.24) is 14.9 Å². The second-order valence-electron chi connectivity index (χ2n) is 6.19. The monoisotopic (exact) mass is 339 g/mol. The Bertz CT molecular complexity index is 775. The Balaban J connectivity index is 1.64. The maximum Gasteiger partial charge on any atom is 0.321 e. The van der Waals surface area contributed by atoms with E-state index in [1.54, 1.807) is 35.4 Å². The highest BCUT2D eigenvalue weighted by molar-refractivity contribution is 5.95. The lowest BCUT2D eigenvalue weighted by Crippen LogP contribution is -2.41. The summed E-state index contributed by atoms with van der Waals surface area (Å²) in [5.41, 5.74) is 7.82. The van der Waals surface area contributed by atoms with Crippen molar-refractivity contribution in [1.29, 1.82) is 0 Å². The number of nitrogens with zero attached hydrogens (tertiary/aromatic N) is 3. The zero-order chi connectivity index (χ0) is 17.8. The number of hydrogen-bond donors (Lipinski definition) is 2. The summed E-state index contributed by atoms with van der Waals surface area (Å²) in [6.45, 7) is 2.81. The van der Waals surface area contributed by atoms with E-state index in [4.69, 9.17) is 5.73 Å². The maximum atomic E-state index is 12.5. The van der Waals surface area contributed by atoms with E-state index in [9.17, 15) is 9.59 Å². The van der Waals surface area contributed by atoms with Crippen LogP contribution in [0.3, 0.4) is 0 Å². The topological polar surface area (TPSA) is 101 Å². The molecule has 0 saturated carbocycles. The number of hydrogen-bond acceptors (Lipinski definition) is 5. The van der Waals surface area contributed by atoms with Gasteiger partial charge in [-0.2, -0.15) is 0 Å². The highest BCUT2D eigenvalue weighted by Gasteiger charge is 2.25. The number of nitrogens with two attached hydrogens (primary N) is 1. The lowest BCUT2D eigenvalue weighted by Gasteiger charge is -2.32. The molecule has 130 valence electrons. The number of benzene rings is 1. The van der Waals surface area contributed by atoms with Crippen LogP contribution in [0.2, 0.25) is 0 Å². The zero-order valence-corrected chi connectivity index (χ0v) is 14.1. The third-order valence-corrected chi connectivity index (χ3v) is 4.37. The Morgan fingerprint density at radius 2 is 2.00 bits per heavy atom. The van der Waals surface area contributed by atoms with Crippen LogP contribution < -0.4 is 11.1 Å². The lowest BCUT2D eigenvalue weighted by molar-refractivity contribution is 0.101. The molecule has 1 aliphatic rings. The van der Waals surface area contributed by atoms with E-state index in [1.165, 1.54) is 6.92 Å². The Labute approximate surface area is 146 Å². The highest BCUT2D eigenvalue weighted by Crippen LogP contribution is 2.26. The van der Waals surface area contributed by atoms with Crippen LogP contribution in [-0.2, 0) is 0 Å². The van der Waals surface area contributed by atoms with Crippen LogP contribution in [0.15, 0.2) is 36.5 Å². The number of ketones is 1. The number of likely N-dealkylation sites (tertiary alicyclic amines) is 1. The predicted molar refractivity (Wildman–Crippen MR) is 95.5 cm³/mol. The lowest BCUT2D eigenvalue weighted by atomic mass is 9.95. The van der Waals surface area contributed by atoms with Crippen LogP contribution in [0, 0.1) is 0 Å². The largest absolute Gasteiger partial charge is 0.368 e. The smallest absolute Gasteiger partial charge is 0.321 e. The molecular formula is C18H21N5O2. The van der Waals surface area contributed by atoms with Crippen molar-refractivity contribution >= 4 is 23.5 Å². The van der Waals surface area contributed by atoms with Crippen LogP contribution in [-0.4, -0.2) is 39.8 Å². The van der Waals surface area contributed by atoms with Crippen LogP contribution in [0.4, 0.5) is 16.4 Å². The molecule has 1 unspecified atom stereocenters. The minimum atomic E-state index is -0.151. The average Bonchev–Trinajstić information content (AvgIpc) is 2.62. The molecule has 0 aliphatic carbocycles. The molecule has 1 atom stereocenters. The first-order valence-electron chi connectivity index (χ1n) is 8.28. The second kappa shape index (κ2) is 7.29. The van der Waals surface area contributed by atoms with Gasteiger partial charge in [-0.15, -0.1) is 0 Å². The number of carbonyl (C=O) groups is 2. The number of nitrogen functional groups attached to an aromatic ring is 1. The molecule has 2 heterocycles. The van der Waals surface area contributed by atoms with Crippen molar-refractivity contribution in [2.24, 2.45) is 0 Å². The van der Waals surface area contributed by atoms with Gasteiger partial charge in [-0.3, -0.25) is 4.79 Å². The van der Waals surface area contributed by atoms with Crippen LogP contribution >= 0.6 is 0 Å². The van der Waals surface area contributed by atoms with Crippen molar-refractivity contribution < 1.29 is 9.59 Å². The van der Waals surface area contributed by atoms with Gasteiger partial charge < -0.3 is 16.0 Å². The normalized spacial score (nSPS) is 17.2. The van der Waals surface area contributed by atoms with Gasteiger partial charge in [-0.1, -0.05) is 0 Å². The molecule has 1 aromatic heterocycles. The molecule has 25 heavy (non-hydrogen) atoms. The number of amides is 2. The standard InChI is InChI=1S/C18H21N5O2/c1-12(24)13-4-6-15(7-5-13)21-18(25)23-10-2-3-14(11-23)16-8-9-20-17(19)22-16/h4-9,14H,2-3,10-11H2,1H3,(H,21,25)(H2,19,20,22). The molecule has 7 nitrogen and oxygen atoms in total. The molecule has 1 saturated heterocycles. The van der Waals surface area contributed by atoms with E-state index < -0.39 is 0 Å². The van der Waals surface area contributed by atoms with Gasteiger partial charge in [0.05, 0.1) is 5.69 Å². The van der Waals surface area contributed by atoms with Crippen LogP contribution in [0.5, 0.6) is 0 Å². The molecule has 0 bridgehead atoms. The van der Waals surface area contributed by atoms with Gasteiger partial charge >= 0.3 is 6.03 Å². The van der Waals surface area contributed by atoms with E-state index >= 15 is 0 Å². The molecule has 0 spiro atoms. The Morgan fingerprint density at radius 1 is 1.24 bits per heavy atom. The maximum absolute atomic E-state index is 12.5. The number of nitrogens with one attached hydrogen (secondary N) is 1. The molecule has 1 aromatic carbocycles. The fraction of sp³-hybridized carbons (Fsp3) is 0.333. The number of rotatable bonds is 3. The fourth-order valence-electron chi connectivity index (χ4n) is 3.01. The number of urea groups is 1. The first kappa shape index (κ1) is 16.9. The number of aromatic nitrogens is 2. The van der Waals surface area contributed by atoms with Crippen LogP contribution in [0.1, 0.15) is 41.7 Å². The van der Waals surface area contributed by atoms with Crippen molar-refractivity contribution in [3.05, 3.63) is 47.8 Å². The summed E-state index contributed by atoms with van der Waals surface area (Å²) in [5.74, 6) is 0.412. The molecular weight excluding hydrogens is 318 g/mol. The summed E-state index contributed by atoms with van der Waals surface area (Å²) in [4.78, 5) is 33.8. The number of Topliss-reactive ketones (excluding diaryl/α,β-unsaturated/α-hetero) is 1. The summed E-state index contributed by atoms with van der Waals surface area (Å²) in [5, 5.41) is 2.88. The summed E-state index contributed by atoms with van der Waals surface area (Å²) in [7, 11) is 0. The summed E-state index contributed by atoms with van der Waals surface area (Å²) in [6.07, 6.45) is 3.52. The van der Waals surface area contributed by atoms with Gasteiger partial charge in [0.2, 0.25) is 5.95 Å². The van der Waals surface area contributed by atoms with Crippen LogP contribution in [0.25, 0.3) is 0 Å². The van der Waals surface area contributed by atoms with E-state index in [0.29, 0.717) is 24.3 Å². The molecule has 1 aliphatic heterocycles. The number of anilines is 2. The first-order chi connectivity index (χ1) is 12.0. The Hall–Kier alpha value is -2.96. The molecule has 2 aromatic rings. The Morgan fingerprint density at radius 3 is 2.68 bits per heavy atom. The van der Waals surface area contributed by atoms with Gasteiger partial charge in [0, 0.05) is 36.5 Å². The van der Waals surface area contributed by atoms with E-state index in [-0.39, 0.29) is 23.7 Å². The van der Waals surface area contributed by atoms with Gasteiger partial charge in [0.1, 0.15) is 0 Å². The van der Waals surface area contributed by atoms with E-state index in [2.05, 4.69) is 15.3 Å². The fourth-order valence-corrected chi connectivity index (χ4v) is 3.01. The molecule has 2 amide bonds. The molecule has 1 fully saturated rings. The highest BCUT2D eigenvalue weighted by atomic mass is 16.2. The minimum Gasteiger partial charge on any atom is -0.368 e. The molecule has 3 N–H and O–H groups in total. The second-order valence-corrected chi connectivity index (χ2v) is 6.19. The minimum absolute atomic E-state index is 0.000808. The van der Waals surface area contributed by atoms with E-state index in [0.717, 1.165) is 18.5 Å². The third-order valence-electron chi connectivity index (χ3n) is 4.37. The van der Waals surface area contributed by atoms with Gasteiger partial charge in [-0.05, 0) is 50.1 Å². The van der Waals surface area contributed by atoms with Gasteiger partial charge in [0.25, 0.3) is 0 Å². The van der Waals surface area contributed by atoms with E-state index in [1.807, 2.05) is 6.07 Å². The summed E-state index contributed by atoms with van der Waals surface area (Å²) >= 11 is 0.